The first-order valence-corrected chi connectivity index (χ1v) is 6.76. The van der Waals surface area contributed by atoms with Crippen LogP contribution in [-0.4, -0.2) is 22.4 Å². The zero-order valence-corrected chi connectivity index (χ0v) is 11.4. The summed E-state index contributed by atoms with van der Waals surface area (Å²) in [6.07, 6.45) is 0. The van der Waals surface area contributed by atoms with Crippen molar-refractivity contribution < 1.29 is 9.59 Å². The molecule has 1 atom stereocenters. The largest absolute Gasteiger partial charge is 0.268 e. The van der Waals surface area contributed by atoms with E-state index in [4.69, 9.17) is 0 Å². The van der Waals surface area contributed by atoms with Crippen LogP contribution in [0.5, 0.6) is 0 Å². The van der Waals surface area contributed by atoms with Crippen molar-refractivity contribution >= 4 is 17.5 Å². The van der Waals surface area contributed by atoms with E-state index in [1.54, 1.807) is 24.3 Å². The minimum Gasteiger partial charge on any atom is -0.268 e. The number of hydrogen-bond donors (Lipinski definition) is 0. The zero-order chi connectivity index (χ0) is 14.6. The van der Waals surface area contributed by atoms with Crippen LogP contribution in [0.3, 0.4) is 0 Å². The Hall–Kier alpha value is -2.75. The van der Waals surface area contributed by atoms with Crippen molar-refractivity contribution in [3.63, 3.8) is 0 Å². The Morgan fingerprint density at radius 3 is 1.81 bits per heavy atom. The van der Waals surface area contributed by atoms with Crippen LogP contribution in [0.2, 0.25) is 0 Å². The average Bonchev–Trinajstić information content (AvgIpc) is 3.12. The molecule has 0 aliphatic carbocycles. The van der Waals surface area contributed by atoms with Crippen molar-refractivity contribution in [3.8, 4) is 0 Å². The molecule has 2 amide bonds. The van der Waals surface area contributed by atoms with Crippen molar-refractivity contribution in [3.05, 3.63) is 71.3 Å². The summed E-state index contributed by atoms with van der Waals surface area (Å²) in [5.74, 6) is -0.555. The molecule has 0 N–H and O–H groups in total. The molecule has 0 fully saturated rings. The highest BCUT2D eigenvalue weighted by Gasteiger charge is 2.58. The van der Waals surface area contributed by atoms with Crippen molar-refractivity contribution in [1.82, 2.24) is 4.90 Å². The third kappa shape index (κ3) is 1.41. The van der Waals surface area contributed by atoms with Crippen LogP contribution in [0.15, 0.2) is 59.6 Å². The van der Waals surface area contributed by atoms with Crippen LogP contribution in [0, 0.1) is 0 Å². The van der Waals surface area contributed by atoms with Crippen LogP contribution in [0.4, 0.5) is 0 Å². The van der Waals surface area contributed by atoms with Crippen molar-refractivity contribution in [1.29, 1.82) is 0 Å². The first-order valence-electron chi connectivity index (χ1n) is 6.76. The lowest BCUT2D eigenvalue weighted by Gasteiger charge is -2.25. The fourth-order valence-electron chi connectivity index (χ4n) is 2.98. The second-order valence-corrected chi connectivity index (χ2v) is 5.23. The Balaban J connectivity index is 1.85. The summed E-state index contributed by atoms with van der Waals surface area (Å²) < 4.78 is 0. The zero-order valence-electron chi connectivity index (χ0n) is 11.4. The summed E-state index contributed by atoms with van der Waals surface area (Å²) in [4.78, 5) is 31.0. The van der Waals surface area contributed by atoms with Crippen molar-refractivity contribution in [2.24, 2.45) is 4.99 Å². The van der Waals surface area contributed by atoms with Crippen LogP contribution < -0.4 is 0 Å². The minimum absolute atomic E-state index is 0.278. The predicted octanol–water partition coefficient (Wildman–Crippen LogP) is 2.61. The van der Waals surface area contributed by atoms with Crippen LogP contribution in [-0.2, 0) is 5.66 Å². The molecule has 0 radical (unpaired) electrons. The Labute approximate surface area is 121 Å². The molecule has 0 aromatic heterocycles. The summed E-state index contributed by atoms with van der Waals surface area (Å²) in [5, 5.41) is 0. The maximum absolute atomic E-state index is 12.6. The number of carbonyl (C=O) groups excluding carboxylic acids is 2. The van der Waals surface area contributed by atoms with E-state index in [-0.39, 0.29) is 11.8 Å². The first kappa shape index (κ1) is 12.0. The molecule has 2 aliphatic heterocycles. The van der Waals surface area contributed by atoms with E-state index in [1.807, 2.05) is 37.3 Å². The monoisotopic (exact) mass is 276 g/mol. The van der Waals surface area contributed by atoms with E-state index in [0.717, 1.165) is 11.3 Å². The molecule has 4 rings (SSSR count). The van der Waals surface area contributed by atoms with Gasteiger partial charge in [-0.25, -0.2) is 4.90 Å². The maximum Gasteiger partial charge on any atom is 0.264 e. The number of fused-ring (bicyclic) bond motifs is 1. The van der Waals surface area contributed by atoms with E-state index in [0.29, 0.717) is 11.1 Å². The van der Waals surface area contributed by atoms with Crippen molar-refractivity contribution in [2.45, 2.75) is 12.6 Å². The second-order valence-electron chi connectivity index (χ2n) is 5.23. The summed E-state index contributed by atoms with van der Waals surface area (Å²) in [7, 11) is 0. The van der Waals surface area contributed by atoms with Gasteiger partial charge < -0.3 is 0 Å². The van der Waals surface area contributed by atoms with Gasteiger partial charge in [-0.2, -0.15) is 0 Å². The molecule has 2 heterocycles. The van der Waals surface area contributed by atoms with Crippen LogP contribution in [0.1, 0.15) is 33.2 Å². The standard InChI is InChI=1S/C17H12N2O2/c1-11-17(18-11,12-7-3-2-4-8-12)19-15(20)13-9-5-6-10-14(13)16(19)21/h2-10H,1H3. The van der Waals surface area contributed by atoms with E-state index in [1.165, 1.54) is 4.90 Å². The molecule has 1 unspecified atom stereocenters. The molecule has 0 saturated heterocycles. The lowest BCUT2D eigenvalue weighted by molar-refractivity contribution is 0.0566. The number of benzene rings is 2. The Kier molecular flexibility index (Phi) is 2.22. The molecular formula is C17H12N2O2. The van der Waals surface area contributed by atoms with Crippen molar-refractivity contribution in [2.75, 3.05) is 0 Å². The van der Waals surface area contributed by atoms with Gasteiger partial charge >= 0.3 is 0 Å². The van der Waals surface area contributed by atoms with Gasteiger partial charge in [0.1, 0.15) is 0 Å². The Morgan fingerprint density at radius 2 is 1.33 bits per heavy atom. The lowest BCUT2D eigenvalue weighted by Crippen LogP contribution is -2.43. The van der Waals surface area contributed by atoms with Gasteiger partial charge in [0.2, 0.25) is 5.66 Å². The van der Waals surface area contributed by atoms with E-state index >= 15 is 0 Å². The minimum atomic E-state index is -0.922. The number of amides is 2. The molecule has 4 heteroatoms. The molecule has 4 nitrogen and oxygen atoms in total. The topological polar surface area (TPSA) is 49.7 Å². The van der Waals surface area contributed by atoms with Gasteiger partial charge in [0.15, 0.2) is 0 Å². The quantitative estimate of drug-likeness (QED) is 0.792. The number of imide groups is 1. The number of aliphatic imine (C=N–C) groups is 1. The average molecular weight is 276 g/mol. The highest BCUT2D eigenvalue weighted by atomic mass is 16.2. The van der Waals surface area contributed by atoms with Gasteiger partial charge in [-0.3, -0.25) is 14.6 Å². The normalized spacial score (nSPS) is 23.1. The number of hydrogen-bond acceptors (Lipinski definition) is 3. The molecule has 2 aliphatic rings. The molecule has 21 heavy (non-hydrogen) atoms. The number of nitrogens with zero attached hydrogens (tertiary/aromatic N) is 2. The van der Waals surface area contributed by atoms with Gasteiger partial charge in [0.25, 0.3) is 11.8 Å². The second kappa shape index (κ2) is 3.88. The fraction of sp³-hybridized carbons (Fsp3) is 0.118. The number of carbonyl (C=O) groups is 2. The molecule has 2 aromatic rings. The smallest absolute Gasteiger partial charge is 0.264 e. The van der Waals surface area contributed by atoms with Gasteiger partial charge in [0, 0.05) is 5.56 Å². The molecule has 0 saturated carbocycles. The highest BCUT2D eigenvalue weighted by Crippen LogP contribution is 2.46. The summed E-state index contributed by atoms with van der Waals surface area (Å²) in [6, 6.07) is 16.4. The van der Waals surface area contributed by atoms with Gasteiger partial charge in [-0.15, -0.1) is 0 Å². The third-order valence-corrected chi connectivity index (χ3v) is 4.08. The molecule has 102 valence electrons. The summed E-state index contributed by atoms with van der Waals surface area (Å²) >= 11 is 0. The van der Waals surface area contributed by atoms with E-state index < -0.39 is 5.66 Å². The molecule has 0 spiro atoms. The number of rotatable bonds is 2. The van der Waals surface area contributed by atoms with Crippen LogP contribution in [0.25, 0.3) is 0 Å². The third-order valence-electron chi connectivity index (χ3n) is 4.08. The first-order chi connectivity index (χ1) is 10.2. The lowest BCUT2D eigenvalue weighted by atomic mass is 10.0. The summed E-state index contributed by atoms with van der Waals surface area (Å²) in [6.45, 7) is 1.84. The highest BCUT2D eigenvalue weighted by molar-refractivity contribution is 6.25. The van der Waals surface area contributed by atoms with Crippen LogP contribution >= 0.6 is 0 Å². The Morgan fingerprint density at radius 1 is 0.857 bits per heavy atom. The predicted molar refractivity (Wildman–Crippen MR) is 78.2 cm³/mol. The van der Waals surface area contributed by atoms with Gasteiger partial charge in [-0.05, 0) is 19.1 Å². The fourth-order valence-corrected chi connectivity index (χ4v) is 2.98. The molecular weight excluding hydrogens is 264 g/mol. The summed E-state index contributed by atoms with van der Waals surface area (Å²) in [5.41, 5.74) is 1.61. The van der Waals surface area contributed by atoms with Gasteiger partial charge in [-0.1, -0.05) is 42.5 Å². The molecule has 2 aromatic carbocycles. The van der Waals surface area contributed by atoms with Gasteiger partial charge in [0.05, 0.1) is 16.8 Å². The SMILES string of the molecule is CC1=NC1(c1ccccc1)N1C(=O)c2ccccc2C1=O. The van der Waals surface area contributed by atoms with E-state index in [2.05, 4.69) is 4.99 Å². The molecule has 0 bridgehead atoms. The Bertz CT molecular complexity index is 776. The van der Waals surface area contributed by atoms with E-state index in [9.17, 15) is 9.59 Å². The maximum atomic E-state index is 12.6.